The number of thioether (sulfide) groups is 1. The number of amides is 2. The lowest BCUT2D eigenvalue weighted by molar-refractivity contribution is -0.128. The summed E-state index contributed by atoms with van der Waals surface area (Å²) >= 11 is 1.32. The molecule has 4 rings (SSSR count). The molecule has 3 aromatic rings. The number of anilines is 1. The zero-order valence-electron chi connectivity index (χ0n) is 19.9. The van der Waals surface area contributed by atoms with Gasteiger partial charge in [-0.1, -0.05) is 48.2 Å². The first-order valence-corrected chi connectivity index (χ1v) is 12.3. The first-order chi connectivity index (χ1) is 16.8. The maximum Gasteiger partial charge on any atom is 0.242 e. The molecule has 1 fully saturated rings. The summed E-state index contributed by atoms with van der Waals surface area (Å²) < 4.78 is 0. The largest absolute Gasteiger partial charge is 0.326 e. The summed E-state index contributed by atoms with van der Waals surface area (Å²) in [4.78, 5) is 44.0. The van der Waals surface area contributed by atoms with E-state index in [1.165, 1.54) is 18.7 Å². The van der Waals surface area contributed by atoms with Crippen LogP contribution in [0.1, 0.15) is 40.4 Å². The molecule has 1 unspecified atom stereocenters. The molecule has 0 aliphatic carbocycles. The number of aryl methyl sites for hydroxylation is 2. The third kappa shape index (κ3) is 6.25. The topological polar surface area (TPSA) is 78.8 Å². The first kappa shape index (κ1) is 24.4. The zero-order valence-corrected chi connectivity index (χ0v) is 20.8. The van der Waals surface area contributed by atoms with Crippen molar-refractivity contribution < 1.29 is 14.4 Å². The van der Waals surface area contributed by atoms with Crippen molar-refractivity contribution in [2.75, 3.05) is 5.32 Å². The van der Waals surface area contributed by atoms with Crippen LogP contribution in [0.3, 0.4) is 0 Å². The van der Waals surface area contributed by atoms with Crippen molar-refractivity contribution >= 4 is 45.9 Å². The van der Waals surface area contributed by atoms with Gasteiger partial charge in [-0.05, 0) is 73.9 Å². The molecule has 3 aromatic carbocycles. The highest BCUT2D eigenvalue weighted by molar-refractivity contribution is 8.15. The van der Waals surface area contributed by atoms with E-state index in [-0.39, 0.29) is 24.0 Å². The van der Waals surface area contributed by atoms with Crippen LogP contribution in [0.4, 0.5) is 11.4 Å². The number of nitrogens with one attached hydrogen (secondary N) is 1. The molecule has 1 saturated heterocycles. The Morgan fingerprint density at radius 1 is 0.971 bits per heavy atom. The second-order valence-corrected chi connectivity index (χ2v) is 9.81. The van der Waals surface area contributed by atoms with E-state index in [2.05, 4.69) is 11.4 Å². The van der Waals surface area contributed by atoms with E-state index in [1.54, 1.807) is 29.2 Å². The molecule has 0 saturated carbocycles. The molecule has 0 radical (unpaired) electrons. The van der Waals surface area contributed by atoms with Gasteiger partial charge in [-0.3, -0.25) is 19.3 Å². The summed E-state index contributed by atoms with van der Waals surface area (Å²) in [6.07, 6.45) is 0.0229. The number of carbonyl (C=O) groups excluding carboxylic acids is 3. The van der Waals surface area contributed by atoms with Gasteiger partial charge in [-0.25, -0.2) is 4.99 Å². The van der Waals surface area contributed by atoms with Gasteiger partial charge in [0.25, 0.3) is 0 Å². The van der Waals surface area contributed by atoms with E-state index in [9.17, 15) is 14.4 Å². The SMILES string of the molecule is CC(=O)c1ccc(NC(=O)CC2SC(=Nc3cc(C)cc(C)c3)N(Cc3ccccc3)C2=O)cc1. The predicted octanol–water partition coefficient (Wildman–Crippen LogP) is 5.67. The van der Waals surface area contributed by atoms with Crippen LogP contribution in [-0.4, -0.2) is 32.9 Å². The van der Waals surface area contributed by atoms with Crippen LogP contribution in [0.2, 0.25) is 0 Å². The summed E-state index contributed by atoms with van der Waals surface area (Å²) in [5.41, 5.74) is 5.13. The summed E-state index contributed by atoms with van der Waals surface area (Å²) in [6.45, 7) is 5.92. The third-order valence-electron chi connectivity index (χ3n) is 5.58. The molecule has 1 heterocycles. The number of ketones is 1. The van der Waals surface area contributed by atoms with Crippen molar-refractivity contribution in [1.82, 2.24) is 4.90 Å². The van der Waals surface area contributed by atoms with E-state index in [0.29, 0.717) is 23.0 Å². The Balaban J connectivity index is 1.53. The number of carbonyl (C=O) groups is 3. The summed E-state index contributed by atoms with van der Waals surface area (Å²) in [5.74, 6) is -0.437. The summed E-state index contributed by atoms with van der Waals surface area (Å²) in [7, 11) is 0. The number of rotatable bonds is 7. The number of Topliss-reactive ketones (excluding diaryl/α,β-unsaturated/α-hetero) is 1. The highest BCUT2D eigenvalue weighted by atomic mass is 32.2. The van der Waals surface area contributed by atoms with Crippen molar-refractivity contribution in [3.63, 3.8) is 0 Å². The van der Waals surface area contributed by atoms with Crippen molar-refractivity contribution in [2.45, 2.75) is 39.0 Å². The number of hydrogen-bond acceptors (Lipinski definition) is 5. The second-order valence-electron chi connectivity index (χ2n) is 8.64. The quantitative estimate of drug-likeness (QED) is 0.438. The number of aliphatic imine (C=N–C) groups is 1. The standard InChI is InChI=1S/C28H27N3O3S/c1-18-13-19(2)15-24(14-18)30-28-31(17-21-7-5-4-6-8-21)27(34)25(35-28)16-26(33)29-23-11-9-22(10-12-23)20(3)32/h4-15,25H,16-17H2,1-3H3,(H,29,33). The van der Waals surface area contributed by atoms with Gasteiger partial charge in [0.1, 0.15) is 5.25 Å². The molecule has 1 aliphatic rings. The van der Waals surface area contributed by atoms with Crippen molar-refractivity contribution in [3.8, 4) is 0 Å². The highest BCUT2D eigenvalue weighted by Gasteiger charge is 2.39. The Morgan fingerprint density at radius 3 is 2.26 bits per heavy atom. The fourth-order valence-corrected chi connectivity index (χ4v) is 5.09. The van der Waals surface area contributed by atoms with Crippen LogP contribution in [0.5, 0.6) is 0 Å². The molecule has 2 amide bonds. The van der Waals surface area contributed by atoms with Gasteiger partial charge in [0.2, 0.25) is 11.8 Å². The van der Waals surface area contributed by atoms with E-state index in [4.69, 9.17) is 4.99 Å². The average molecular weight is 486 g/mol. The van der Waals surface area contributed by atoms with Crippen LogP contribution < -0.4 is 5.32 Å². The molecular formula is C28H27N3O3S. The number of benzene rings is 3. The molecule has 178 valence electrons. The number of amidine groups is 1. The van der Waals surface area contributed by atoms with E-state index < -0.39 is 5.25 Å². The van der Waals surface area contributed by atoms with Crippen molar-refractivity contribution in [3.05, 3.63) is 95.1 Å². The van der Waals surface area contributed by atoms with Crippen molar-refractivity contribution in [2.24, 2.45) is 4.99 Å². The van der Waals surface area contributed by atoms with Gasteiger partial charge in [0.15, 0.2) is 11.0 Å². The van der Waals surface area contributed by atoms with Gasteiger partial charge >= 0.3 is 0 Å². The van der Waals surface area contributed by atoms with E-state index in [0.717, 1.165) is 22.4 Å². The summed E-state index contributed by atoms with van der Waals surface area (Å²) in [6, 6.07) is 22.5. The third-order valence-corrected chi connectivity index (χ3v) is 6.76. The van der Waals surface area contributed by atoms with E-state index >= 15 is 0 Å². The molecule has 6 nitrogen and oxygen atoms in total. The predicted molar refractivity (Wildman–Crippen MR) is 141 cm³/mol. The van der Waals surface area contributed by atoms with Gasteiger partial charge in [-0.15, -0.1) is 0 Å². The second kappa shape index (κ2) is 10.7. The zero-order chi connectivity index (χ0) is 24.9. The van der Waals surface area contributed by atoms with Crippen LogP contribution in [0.15, 0.2) is 77.8 Å². The summed E-state index contributed by atoms with van der Waals surface area (Å²) in [5, 5.41) is 2.85. The van der Waals surface area contributed by atoms with Gasteiger partial charge in [0.05, 0.1) is 12.2 Å². The molecule has 1 N–H and O–H groups in total. The number of hydrogen-bond donors (Lipinski definition) is 1. The minimum absolute atomic E-state index is 0.0229. The maximum atomic E-state index is 13.4. The van der Waals surface area contributed by atoms with Gasteiger partial charge in [-0.2, -0.15) is 0 Å². The lowest BCUT2D eigenvalue weighted by Crippen LogP contribution is -2.33. The maximum absolute atomic E-state index is 13.4. The first-order valence-electron chi connectivity index (χ1n) is 11.4. The minimum atomic E-state index is -0.570. The fourth-order valence-electron chi connectivity index (χ4n) is 3.93. The smallest absolute Gasteiger partial charge is 0.242 e. The van der Waals surface area contributed by atoms with Gasteiger partial charge in [0, 0.05) is 17.7 Å². The number of nitrogens with zero attached hydrogens (tertiary/aromatic N) is 2. The van der Waals surface area contributed by atoms with Crippen LogP contribution in [-0.2, 0) is 16.1 Å². The Labute approximate surface area is 209 Å². The fraction of sp³-hybridized carbons (Fsp3) is 0.214. The minimum Gasteiger partial charge on any atom is -0.326 e. The van der Waals surface area contributed by atoms with Crippen LogP contribution >= 0.6 is 11.8 Å². The average Bonchev–Trinajstić information content (AvgIpc) is 3.08. The molecule has 0 aromatic heterocycles. The Hall–Kier alpha value is -3.71. The molecule has 0 bridgehead atoms. The Morgan fingerprint density at radius 2 is 1.63 bits per heavy atom. The Kier molecular flexibility index (Phi) is 7.46. The molecule has 1 atom stereocenters. The lowest BCUT2D eigenvalue weighted by Gasteiger charge is -2.17. The van der Waals surface area contributed by atoms with Crippen LogP contribution in [0.25, 0.3) is 0 Å². The Bertz CT molecular complexity index is 1270. The monoisotopic (exact) mass is 485 g/mol. The molecule has 1 aliphatic heterocycles. The molecule has 35 heavy (non-hydrogen) atoms. The lowest BCUT2D eigenvalue weighted by atomic mass is 10.1. The van der Waals surface area contributed by atoms with Gasteiger partial charge < -0.3 is 5.32 Å². The van der Waals surface area contributed by atoms with Crippen molar-refractivity contribution in [1.29, 1.82) is 0 Å². The normalized spacial score (nSPS) is 16.5. The van der Waals surface area contributed by atoms with Crippen LogP contribution in [0, 0.1) is 13.8 Å². The molecule has 7 heteroatoms. The highest BCUT2D eigenvalue weighted by Crippen LogP contribution is 2.33. The molecular weight excluding hydrogens is 458 g/mol. The van der Waals surface area contributed by atoms with E-state index in [1.807, 2.05) is 56.3 Å². The molecule has 0 spiro atoms.